The molecule has 0 radical (unpaired) electrons. The van der Waals surface area contributed by atoms with Gasteiger partial charge in [0.2, 0.25) is 0 Å². The van der Waals surface area contributed by atoms with Gasteiger partial charge in [-0.25, -0.2) is 0 Å². The number of halogens is 3. The zero-order valence-corrected chi connectivity index (χ0v) is 15.2. The predicted octanol–water partition coefficient (Wildman–Crippen LogP) is 5.54. The fourth-order valence-electron chi connectivity index (χ4n) is 1.89. The largest absolute Gasteiger partial charge is 0.379 e. The van der Waals surface area contributed by atoms with E-state index in [4.69, 9.17) is 11.6 Å². The maximum Gasteiger partial charge on any atom is 0.0597 e. The van der Waals surface area contributed by atoms with Crippen LogP contribution in [0.25, 0.3) is 0 Å². The molecule has 106 valence electrons. The number of nitrogens with zero attached hydrogens (tertiary/aromatic N) is 1. The molecule has 0 fully saturated rings. The van der Waals surface area contributed by atoms with Crippen LogP contribution in [0.15, 0.2) is 45.3 Å². The lowest BCUT2D eigenvalue weighted by atomic mass is 10.2. The van der Waals surface area contributed by atoms with Crippen molar-refractivity contribution in [3.05, 3.63) is 55.9 Å². The van der Waals surface area contributed by atoms with Gasteiger partial charge in [0.1, 0.15) is 0 Å². The lowest BCUT2D eigenvalue weighted by Crippen LogP contribution is -2.12. The van der Waals surface area contributed by atoms with E-state index in [-0.39, 0.29) is 0 Å². The maximum absolute atomic E-state index is 6.08. The summed E-state index contributed by atoms with van der Waals surface area (Å²) in [6, 6.07) is 12.1. The highest BCUT2D eigenvalue weighted by Gasteiger charge is 2.06. The fourth-order valence-corrected chi connectivity index (χ4v) is 2.73. The summed E-state index contributed by atoms with van der Waals surface area (Å²) in [6.07, 6.45) is 0. The van der Waals surface area contributed by atoms with Crippen LogP contribution in [0.4, 0.5) is 11.4 Å². The molecule has 0 spiro atoms. The third-order valence-electron chi connectivity index (χ3n) is 2.91. The molecule has 0 aliphatic carbocycles. The third kappa shape index (κ3) is 3.90. The van der Waals surface area contributed by atoms with Gasteiger partial charge in [0, 0.05) is 34.6 Å². The molecule has 0 saturated carbocycles. The number of nitrogens with one attached hydrogen (secondary N) is 1. The monoisotopic (exact) mass is 416 g/mol. The zero-order valence-electron chi connectivity index (χ0n) is 11.3. The van der Waals surface area contributed by atoms with Crippen LogP contribution < -0.4 is 10.2 Å². The van der Waals surface area contributed by atoms with E-state index in [0.717, 1.165) is 31.9 Å². The SMILES string of the molecule is CN(C)c1ccc(Cl)cc1NCc1ccc(Br)c(Br)c1. The van der Waals surface area contributed by atoms with Gasteiger partial charge in [0.15, 0.2) is 0 Å². The Morgan fingerprint density at radius 1 is 1.05 bits per heavy atom. The fraction of sp³-hybridized carbons (Fsp3) is 0.200. The van der Waals surface area contributed by atoms with Gasteiger partial charge in [-0.3, -0.25) is 0 Å². The second-order valence-corrected chi connectivity index (χ2v) is 6.80. The Morgan fingerprint density at radius 3 is 2.45 bits per heavy atom. The molecule has 0 amide bonds. The van der Waals surface area contributed by atoms with Crippen LogP contribution in [0.5, 0.6) is 0 Å². The first-order valence-electron chi connectivity index (χ1n) is 6.12. The van der Waals surface area contributed by atoms with Crippen LogP contribution in [0, 0.1) is 0 Å². The topological polar surface area (TPSA) is 15.3 Å². The molecule has 0 atom stereocenters. The normalized spacial score (nSPS) is 10.4. The molecule has 0 heterocycles. The van der Waals surface area contributed by atoms with E-state index in [1.807, 2.05) is 38.4 Å². The average molecular weight is 419 g/mol. The van der Waals surface area contributed by atoms with E-state index in [1.165, 1.54) is 5.56 Å². The summed E-state index contributed by atoms with van der Waals surface area (Å²) >= 11 is 13.1. The molecule has 2 aromatic rings. The molecule has 0 saturated heterocycles. The number of hydrogen-bond donors (Lipinski definition) is 1. The summed E-state index contributed by atoms with van der Waals surface area (Å²) in [5.41, 5.74) is 3.34. The van der Waals surface area contributed by atoms with Crippen molar-refractivity contribution >= 4 is 54.8 Å². The summed E-state index contributed by atoms with van der Waals surface area (Å²) in [4.78, 5) is 2.07. The zero-order chi connectivity index (χ0) is 14.7. The minimum atomic E-state index is 0.732. The van der Waals surface area contributed by atoms with E-state index in [2.05, 4.69) is 54.2 Å². The summed E-state index contributed by atoms with van der Waals surface area (Å²) in [5.74, 6) is 0. The average Bonchev–Trinajstić information content (AvgIpc) is 2.40. The van der Waals surface area contributed by atoms with Crippen molar-refractivity contribution in [1.29, 1.82) is 0 Å². The molecule has 1 N–H and O–H groups in total. The quantitative estimate of drug-likeness (QED) is 0.701. The second kappa shape index (κ2) is 6.83. The van der Waals surface area contributed by atoms with E-state index < -0.39 is 0 Å². The van der Waals surface area contributed by atoms with E-state index >= 15 is 0 Å². The number of benzene rings is 2. The van der Waals surface area contributed by atoms with Crippen LogP contribution in [0.1, 0.15) is 5.56 Å². The van der Waals surface area contributed by atoms with Crippen LogP contribution >= 0.6 is 43.5 Å². The van der Waals surface area contributed by atoms with Gasteiger partial charge in [-0.2, -0.15) is 0 Å². The van der Waals surface area contributed by atoms with Gasteiger partial charge >= 0.3 is 0 Å². The molecule has 0 aliphatic rings. The Balaban J connectivity index is 2.17. The van der Waals surface area contributed by atoms with Gasteiger partial charge < -0.3 is 10.2 Å². The van der Waals surface area contributed by atoms with Crippen LogP contribution in [0.2, 0.25) is 5.02 Å². The van der Waals surface area contributed by atoms with E-state index in [1.54, 1.807) is 0 Å². The first-order chi connectivity index (χ1) is 9.47. The van der Waals surface area contributed by atoms with Gasteiger partial charge in [-0.05, 0) is 67.8 Å². The highest BCUT2D eigenvalue weighted by atomic mass is 79.9. The first-order valence-corrected chi connectivity index (χ1v) is 8.08. The Morgan fingerprint density at radius 2 is 1.80 bits per heavy atom. The first kappa shape index (κ1) is 15.7. The van der Waals surface area contributed by atoms with E-state index in [0.29, 0.717) is 0 Å². The van der Waals surface area contributed by atoms with Crippen molar-refractivity contribution in [3.8, 4) is 0 Å². The van der Waals surface area contributed by atoms with Crippen molar-refractivity contribution in [2.75, 3.05) is 24.3 Å². The van der Waals surface area contributed by atoms with Crippen LogP contribution in [-0.2, 0) is 6.54 Å². The maximum atomic E-state index is 6.08. The Labute approximate surface area is 141 Å². The standard InChI is InChI=1S/C15H15Br2ClN2/c1-20(2)15-6-4-11(18)8-14(15)19-9-10-3-5-12(16)13(17)7-10/h3-8,19H,9H2,1-2H3. The number of rotatable bonds is 4. The van der Waals surface area contributed by atoms with Gasteiger partial charge in [-0.15, -0.1) is 0 Å². The van der Waals surface area contributed by atoms with Crippen LogP contribution in [-0.4, -0.2) is 14.1 Å². The Bertz CT molecular complexity index is 615. The van der Waals surface area contributed by atoms with Crippen molar-refractivity contribution in [2.45, 2.75) is 6.54 Å². The summed E-state index contributed by atoms with van der Waals surface area (Å²) in [6.45, 7) is 0.743. The summed E-state index contributed by atoms with van der Waals surface area (Å²) < 4.78 is 2.11. The van der Waals surface area contributed by atoms with Crippen molar-refractivity contribution in [3.63, 3.8) is 0 Å². The molecule has 20 heavy (non-hydrogen) atoms. The molecule has 0 unspecified atom stereocenters. The van der Waals surface area contributed by atoms with Crippen molar-refractivity contribution in [1.82, 2.24) is 0 Å². The highest BCUT2D eigenvalue weighted by molar-refractivity contribution is 9.13. The lowest BCUT2D eigenvalue weighted by Gasteiger charge is -2.19. The van der Waals surface area contributed by atoms with Crippen molar-refractivity contribution < 1.29 is 0 Å². The number of hydrogen-bond acceptors (Lipinski definition) is 2. The molecule has 2 rings (SSSR count). The predicted molar refractivity (Wildman–Crippen MR) is 94.9 cm³/mol. The van der Waals surface area contributed by atoms with Gasteiger partial charge in [0.05, 0.1) is 11.4 Å². The van der Waals surface area contributed by atoms with Crippen molar-refractivity contribution in [2.24, 2.45) is 0 Å². The summed E-state index contributed by atoms with van der Waals surface area (Å²) in [7, 11) is 4.04. The lowest BCUT2D eigenvalue weighted by molar-refractivity contribution is 1.10. The number of anilines is 2. The third-order valence-corrected chi connectivity index (χ3v) is 5.02. The Hall–Kier alpha value is -0.710. The van der Waals surface area contributed by atoms with Gasteiger partial charge in [-0.1, -0.05) is 17.7 Å². The molecule has 2 aromatic carbocycles. The smallest absolute Gasteiger partial charge is 0.0597 e. The molecule has 2 nitrogen and oxygen atoms in total. The van der Waals surface area contributed by atoms with Crippen LogP contribution in [0.3, 0.4) is 0 Å². The highest BCUT2D eigenvalue weighted by Crippen LogP contribution is 2.29. The second-order valence-electron chi connectivity index (χ2n) is 4.66. The molecule has 0 bridgehead atoms. The minimum absolute atomic E-state index is 0.732. The van der Waals surface area contributed by atoms with Gasteiger partial charge in [0.25, 0.3) is 0 Å². The molecular weight excluding hydrogens is 403 g/mol. The van der Waals surface area contributed by atoms with E-state index in [9.17, 15) is 0 Å². The Kier molecular flexibility index (Phi) is 5.35. The molecular formula is C15H15Br2ClN2. The minimum Gasteiger partial charge on any atom is -0.379 e. The molecule has 0 aromatic heterocycles. The summed E-state index contributed by atoms with van der Waals surface area (Å²) in [5, 5.41) is 4.17. The molecule has 5 heteroatoms. The molecule has 0 aliphatic heterocycles.